The fourth-order valence-electron chi connectivity index (χ4n) is 1.54. The highest BCUT2D eigenvalue weighted by Gasteiger charge is 2.33. The van der Waals surface area contributed by atoms with Crippen molar-refractivity contribution in [1.29, 1.82) is 0 Å². The second kappa shape index (κ2) is 6.45. The van der Waals surface area contributed by atoms with Gasteiger partial charge in [0.25, 0.3) is 0 Å². The van der Waals surface area contributed by atoms with Gasteiger partial charge in [0.15, 0.2) is 0 Å². The number of anilines is 1. The predicted molar refractivity (Wildman–Crippen MR) is 72.8 cm³/mol. The number of hydrogen-bond acceptors (Lipinski definition) is 2. The van der Waals surface area contributed by atoms with E-state index in [2.05, 4.69) is 5.32 Å². The van der Waals surface area contributed by atoms with Gasteiger partial charge in [0.2, 0.25) is 5.91 Å². The second-order valence-electron chi connectivity index (χ2n) is 4.43. The van der Waals surface area contributed by atoms with Gasteiger partial charge in [-0.1, -0.05) is 18.5 Å². The van der Waals surface area contributed by atoms with Gasteiger partial charge in [-0.05, 0) is 38.7 Å². The van der Waals surface area contributed by atoms with Gasteiger partial charge in [0, 0.05) is 5.69 Å². The van der Waals surface area contributed by atoms with E-state index in [0.29, 0.717) is 6.54 Å². The third-order valence-electron chi connectivity index (χ3n) is 3.08. The zero-order chi connectivity index (χ0) is 15.5. The molecule has 0 heterocycles. The smallest absolute Gasteiger partial charge is 0.325 e. The first kappa shape index (κ1) is 16.8. The summed E-state index contributed by atoms with van der Waals surface area (Å²) in [4.78, 5) is 13.7. The minimum atomic E-state index is -4.55. The molecule has 0 bridgehead atoms. The molecule has 0 aliphatic rings. The van der Waals surface area contributed by atoms with Crippen molar-refractivity contribution in [3.05, 3.63) is 28.8 Å². The van der Waals surface area contributed by atoms with Crippen molar-refractivity contribution >= 4 is 23.2 Å². The Kier molecular flexibility index (Phi) is 5.42. The Labute approximate surface area is 120 Å². The van der Waals surface area contributed by atoms with Crippen LogP contribution in [0, 0.1) is 0 Å². The molecule has 0 saturated heterocycles. The van der Waals surface area contributed by atoms with Gasteiger partial charge in [0.05, 0.1) is 16.6 Å². The lowest BCUT2D eigenvalue weighted by atomic mass is 10.2. The molecule has 1 aromatic carbocycles. The van der Waals surface area contributed by atoms with E-state index in [1.807, 2.05) is 6.92 Å². The van der Waals surface area contributed by atoms with Crippen molar-refractivity contribution in [2.45, 2.75) is 26.1 Å². The van der Waals surface area contributed by atoms with E-state index < -0.39 is 22.8 Å². The molecule has 1 atom stereocenters. The zero-order valence-electron chi connectivity index (χ0n) is 11.4. The largest absolute Gasteiger partial charge is 0.417 e. The molecule has 7 heteroatoms. The fourth-order valence-corrected chi connectivity index (χ4v) is 1.77. The molecule has 0 aliphatic carbocycles. The Hall–Kier alpha value is -1.27. The predicted octanol–water partition coefficient (Wildman–Crippen LogP) is 3.64. The monoisotopic (exact) mass is 308 g/mol. The van der Waals surface area contributed by atoms with Crippen LogP contribution in [-0.2, 0) is 11.0 Å². The molecule has 112 valence electrons. The number of halogens is 4. The average Bonchev–Trinajstić information content (AvgIpc) is 2.37. The fraction of sp³-hybridized carbons (Fsp3) is 0.462. The molecule has 0 saturated carbocycles. The molecule has 1 unspecified atom stereocenters. The van der Waals surface area contributed by atoms with Crippen LogP contribution in [0.25, 0.3) is 0 Å². The van der Waals surface area contributed by atoms with E-state index >= 15 is 0 Å². The van der Waals surface area contributed by atoms with Crippen molar-refractivity contribution in [2.75, 3.05) is 18.9 Å². The van der Waals surface area contributed by atoms with E-state index in [1.165, 1.54) is 6.07 Å². The molecule has 0 aromatic heterocycles. The molecule has 3 nitrogen and oxygen atoms in total. The molecule has 1 aromatic rings. The third kappa shape index (κ3) is 4.11. The maximum Gasteiger partial charge on any atom is 0.417 e. The van der Waals surface area contributed by atoms with Gasteiger partial charge < -0.3 is 5.32 Å². The molecular weight excluding hydrogens is 293 g/mol. The molecule has 0 radical (unpaired) electrons. The van der Waals surface area contributed by atoms with Crippen molar-refractivity contribution < 1.29 is 18.0 Å². The van der Waals surface area contributed by atoms with Gasteiger partial charge in [-0.25, -0.2) is 0 Å². The summed E-state index contributed by atoms with van der Waals surface area (Å²) in [6, 6.07) is 2.85. The maximum atomic E-state index is 12.7. The minimum Gasteiger partial charge on any atom is -0.325 e. The van der Waals surface area contributed by atoms with E-state index in [4.69, 9.17) is 11.6 Å². The van der Waals surface area contributed by atoms with Gasteiger partial charge in [-0.15, -0.1) is 0 Å². The first-order valence-corrected chi connectivity index (χ1v) is 6.42. The Morgan fingerprint density at radius 1 is 1.45 bits per heavy atom. The number of rotatable bonds is 4. The number of nitrogens with zero attached hydrogens (tertiary/aromatic N) is 1. The lowest BCUT2D eigenvalue weighted by Gasteiger charge is -2.22. The number of likely N-dealkylation sites (N-methyl/N-ethyl adjacent to an activating group) is 1. The molecule has 0 aliphatic heterocycles. The number of carbonyl (C=O) groups is 1. The molecule has 20 heavy (non-hydrogen) atoms. The lowest BCUT2D eigenvalue weighted by Crippen LogP contribution is -2.39. The number of amides is 1. The van der Waals surface area contributed by atoms with Crippen LogP contribution in [0.4, 0.5) is 18.9 Å². The Morgan fingerprint density at radius 3 is 2.55 bits per heavy atom. The van der Waals surface area contributed by atoms with E-state index in [1.54, 1.807) is 18.9 Å². The molecule has 1 amide bonds. The van der Waals surface area contributed by atoms with Gasteiger partial charge in [0.1, 0.15) is 0 Å². The summed E-state index contributed by atoms with van der Waals surface area (Å²) in [7, 11) is 1.76. The van der Waals surface area contributed by atoms with Gasteiger partial charge >= 0.3 is 6.18 Å². The summed E-state index contributed by atoms with van der Waals surface area (Å²) in [6.07, 6.45) is -4.55. The van der Waals surface area contributed by atoms with E-state index in [9.17, 15) is 18.0 Å². The first-order valence-electron chi connectivity index (χ1n) is 6.04. The molecular formula is C13H16ClF3N2O. The maximum absolute atomic E-state index is 12.7. The van der Waals surface area contributed by atoms with Crippen LogP contribution in [0.3, 0.4) is 0 Å². The molecule has 1 N–H and O–H groups in total. The van der Waals surface area contributed by atoms with Crippen LogP contribution in [0.15, 0.2) is 18.2 Å². The highest BCUT2D eigenvalue weighted by molar-refractivity contribution is 6.31. The van der Waals surface area contributed by atoms with E-state index in [-0.39, 0.29) is 11.6 Å². The quantitative estimate of drug-likeness (QED) is 0.921. The second-order valence-corrected chi connectivity index (χ2v) is 4.84. The number of benzene rings is 1. The highest BCUT2D eigenvalue weighted by atomic mass is 35.5. The van der Waals surface area contributed by atoms with Crippen LogP contribution >= 0.6 is 11.6 Å². The Balaban J connectivity index is 2.92. The molecule has 0 fully saturated rings. The summed E-state index contributed by atoms with van der Waals surface area (Å²) in [5, 5.41) is 2.06. The number of hydrogen-bond donors (Lipinski definition) is 1. The van der Waals surface area contributed by atoms with Crippen molar-refractivity contribution in [3.8, 4) is 0 Å². The first-order chi connectivity index (χ1) is 9.16. The van der Waals surface area contributed by atoms with Crippen LogP contribution in [0.5, 0.6) is 0 Å². The molecule has 1 rings (SSSR count). The van der Waals surface area contributed by atoms with Crippen LogP contribution in [-0.4, -0.2) is 30.4 Å². The number of alkyl halides is 3. The van der Waals surface area contributed by atoms with Crippen molar-refractivity contribution in [3.63, 3.8) is 0 Å². The summed E-state index contributed by atoms with van der Waals surface area (Å²) in [6.45, 7) is 4.22. The lowest BCUT2D eigenvalue weighted by molar-refractivity contribution is -0.137. The standard InChI is InChI=1S/C13H16ClF3N2O/c1-4-19(3)8(2)12(20)18-9-5-6-11(14)10(7-9)13(15,16)17/h5-8H,4H2,1-3H3,(H,18,20). The normalized spacial score (nSPS) is 13.4. The molecule has 0 spiro atoms. The average molecular weight is 309 g/mol. The van der Waals surface area contributed by atoms with Crippen LogP contribution in [0.2, 0.25) is 5.02 Å². The van der Waals surface area contributed by atoms with Gasteiger partial charge in [-0.2, -0.15) is 13.2 Å². The van der Waals surface area contributed by atoms with E-state index in [0.717, 1.165) is 12.1 Å². The highest BCUT2D eigenvalue weighted by Crippen LogP contribution is 2.36. The van der Waals surface area contributed by atoms with Crippen molar-refractivity contribution in [1.82, 2.24) is 4.90 Å². The zero-order valence-corrected chi connectivity index (χ0v) is 12.1. The summed E-state index contributed by atoms with van der Waals surface area (Å²) in [5.41, 5.74) is -0.892. The van der Waals surface area contributed by atoms with Gasteiger partial charge in [-0.3, -0.25) is 9.69 Å². The summed E-state index contributed by atoms with van der Waals surface area (Å²) >= 11 is 5.51. The minimum absolute atomic E-state index is 0.0723. The summed E-state index contributed by atoms with van der Waals surface area (Å²) < 4.78 is 38.1. The summed E-state index contributed by atoms with van der Waals surface area (Å²) in [5.74, 6) is -0.371. The topological polar surface area (TPSA) is 32.3 Å². The SMILES string of the molecule is CCN(C)C(C)C(=O)Nc1ccc(Cl)c(C(F)(F)F)c1. The van der Waals surface area contributed by atoms with Crippen LogP contribution < -0.4 is 5.32 Å². The number of carbonyl (C=O) groups excluding carboxylic acids is 1. The number of nitrogens with one attached hydrogen (secondary N) is 1. The third-order valence-corrected chi connectivity index (χ3v) is 3.41. The Bertz CT molecular complexity index is 491. The Morgan fingerprint density at radius 2 is 2.05 bits per heavy atom. The van der Waals surface area contributed by atoms with Crippen LogP contribution in [0.1, 0.15) is 19.4 Å². The van der Waals surface area contributed by atoms with Crippen molar-refractivity contribution in [2.24, 2.45) is 0 Å².